The number of nitrogens with zero attached hydrogens (tertiary/aromatic N) is 7. The Hall–Kier alpha value is -4.03. The highest BCUT2D eigenvalue weighted by atomic mass is 35.5. The molecule has 1 aliphatic heterocycles. The Labute approximate surface area is 229 Å². The average molecular weight is 552 g/mol. The number of carbonyl (C=O) groups is 2. The Morgan fingerprint density at radius 1 is 1.33 bits per heavy atom. The topological polar surface area (TPSA) is 148 Å². The van der Waals surface area contributed by atoms with Crippen LogP contribution in [0.15, 0.2) is 41.1 Å². The first kappa shape index (κ1) is 26.6. The number of likely N-dealkylation sites (N-methyl/N-ethyl adjacent to an activating group) is 1. The third-order valence-corrected chi connectivity index (χ3v) is 7.13. The first-order valence-electron chi connectivity index (χ1n) is 12.7. The number of rotatable bonds is 7. The van der Waals surface area contributed by atoms with Crippen LogP contribution in [-0.4, -0.2) is 79.1 Å². The van der Waals surface area contributed by atoms with Crippen LogP contribution in [0.25, 0.3) is 22.1 Å². The monoisotopic (exact) mass is 551 g/mol. The van der Waals surface area contributed by atoms with Crippen LogP contribution in [0.2, 0.25) is 5.02 Å². The van der Waals surface area contributed by atoms with Crippen molar-refractivity contribution in [2.24, 2.45) is 0 Å². The average Bonchev–Trinajstić information content (AvgIpc) is 3.50. The molecule has 1 fully saturated rings. The minimum Gasteiger partial charge on any atom is -0.423 e. The molecule has 1 saturated heterocycles. The molecule has 3 N–H and O–H groups in total. The Kier molecular flexibility index (Phi) is 7.49. The van der Waals surface area contributed by atoms with Crippen molar-refractivity contribution in [3.63, 3.8) is 0 Å². The van der Waals surface area contributed by atoms with Gasteiger partial charge in [0.1, 0.15) is 17.7 Å². The number of hydrogen-bond donors (Lipinski definition) is 2. The second-order valence-corrected chi connectivity index (χ2v) is 10.3. The van der Waals surface area contributed by atoms with Gasteiger partial charge in [-0.1, -0.05) is 17.7 Å². The van der Waals surface area contributed by atoms with Crippen LogP contribution in [0.5, 0.6) is 0 Å². The highest BCUT2D eigenvalue weighted by Crippen LogP contribution is 2.29. The molecule has 1 aromatic carbocycles. The Morgan fingerprint density at radius 3 is 2.95 bits per heavy atom. The molecule has 39 heavy (non-hydrogen) atoms. The normalized spacial score (nSPS) is 16.3. The maximum Gasteiger partial charge on any atom is 0.302 e. The largest absolute Gasteiger partial charge is 0.423 e. The zero-order chi connectivity index (χ0) is 27.7. The summed E-state index contributed by atoms with van der Waals surface area (Å²) >= 11 is 6.03. The van der Waals surface area contributed by atoms with Gasteiger partial charge in [0.2, 0.25) is 5.91 Å². The number of nitrogens with one attached hydrogen (secondary N) is 1. The molecule has 13 heteroatoms. The van der Waals surface area contributed by atoms with Crippen molar-refractivity contribution in [3.8, 4) is 0 Å². The minimum atomic E-state index is -0.571. The summed E-state index contributed by atoms with van der Waals surface area (Å²) in [5.41, 5.74) is 7.62. The molecule has 1 atom stereocenters. The number of oxazole rings is 1. The lowest BCUT2D eigenvalue weighted by atomic mass is 10.1. The number of hydrogen-bond acceptors (Lipinski definition) is 9. The van der Waals surface area contributed by atoms with E-state index in [2.05, 4.69) is 44.1 Å². The van der Waals surface area contributed by atoms with Gasteiger partial charge >= 0.3 is 6.01 Å². The SMILES string of the molecule is CC(C)N(C)CC=CC(=O)N1CCCC(n2nc(C(=O)Nc3nc4cc(Cl)ccc4o3)c3c(N)ncnc32)C1. The summed E-state index contributed by atoms with van der Waals surface area (Å²) in [6.45, 7) is 5.97. The van der Waals surface area contributed by atoms with E-state index in [1.807, 2.05) is 13.1 Å². The number of halogens is 1. The zero-order valence-corrected chi connectivity index (χ0v) is 22.7. The van der Waals surface area contributed by atoms with E-state index in [0.29, 0.717) is 52.8 Å². The van der Waals surface area contributed by atoms with Gasteiger partial charge in [-0.2, -0.15) is 10.1 Å². The van der Waals surface area contributed by atoms with E-state index in [4.69, 9.17) is 21.8 Å². The summed E-state index contributed by atoms with van der Waals surface area (Å²) in [6.07, 6.45) is 6.38. The van der Waals surface area contributed by atoms with Gasteiger partial charge in [-0.15, -0.1) is 0 Å². The van der Waals surface area contributed by atoms with Crippen LogP contribution in [0.1, 0.15) is 43.2 Å². The number of nitrogen functional groups attached to an aromatic ring is 1. The number of fused-ring (bicyclic) bond motifs is 2. The fraction of sp³-hybridized carbons (Fsp3) is 0.385. The lowest BCUT2D eigenvalue weighted by molar-refractivity contribution is -0.127. The molecule has 0 spiro atoms. The lowest BCUT2D eigenvalue weighted by Gasteiger charge is -2.32. The third-order valence-electron chi connectivity index (χ3n) is 6.89. The first-order chi connectivity index (χ1) is 18.7. The highest BCUT2D eigenvalue weighted by Gasteiger charge is 2.30. The highest BCUT2D eigenvalue weighted by molar-refractivity contribution is 6.31. The number of amides is 2. The summed E-state index contributed by atoms with van der Waals surface area (Å²) < 4.78 is 7.30. The van der Waals surface area contributed by atoms with Crippen LogP contribution in [0.3, 0.4) is 0 Å². The molecule has 4 heterocycles. The summed E-state index contributed by atoms with van der Waals surface area (Å²) in [7, 11) is 2.01. The standard InChI is InChI=1S/C26H30ClN9O3/c1-15(2)34(3)10-5-7-20(37)35-11-4-6-17(13-35)36-24-21(23(28)29-14-30-24)22(33-36)25(38)32-26-31-18-12-16(27)8-9-19(18)39-26/h5,7-9,12,14-15,17H,4,6,10-11,13H2,1-3H3,(H2,28,29,30)(H,31,32,38). The number of piperidine rings is 1. The number of carbonyl (C=O) groups excluding carboxylic acids is 2. The molecule has 0 aliphatic carbocycles. The fourth-order valence-electron chi connectivity index (χ4n) is 4.51. The first-order valence-corrected chi connectivity index (χ1v) is 13.1. The second kappa shape index (κ2) is 11.0. The number of anilines is 2. The zero-order valence-electron chi connectivity index (χ0n) is 22.0. The van der Waals surface area contributed by atoms with Crippen molar-refractivity contribution < 1.29 is 14.0 Å². The van der Waals surface area contributed by atoms with Crippen molar-refractivity contribution in [2.75, 3.05) is 37.7 Å². The third kappa shape index (κ3) is 5.57. The molecule has 4 aromatic rings. The summed E-state index contributed by atoms with van der Waals surface area (Å²) in [5.74, 6) is -0.503. The Bertz CT molecular complexity index is 1560. The summed E-state index contributed by atoms with van der Waals surface area (Å²) in [4.78, 5) is 42.9. The van der Waals surface area contributed by atoms with Gasteiger partial charge in [0.25, 0.3) is 5.91 Å². The molecular formula is C26H30ClN9O3. The van der Waals surface area contributed by atoms with Gasteiger partial charge in [-0.3, -0.25) is 14.9 Å². The van der Waals surface area contributed by atoms with Crippen molar-refractivity contribution in [1.29, 1.82) is 0 Å². The van der Waals surface area contributed by atoms with Crippen molar-refractivity contribution in [3.05, 3.63) is 47.4 Å². The van der Waals surface area contributed by atoms with E-state index in [9.17, 15) is 9.59 Å². The second-order valence-electron chi connectivity index (χ2n) is 9.85. The number of nitrogens with two attached hydrogens (primary N) is 1. The fourth-order valence-corrected chi connectivity index (χ4v) is 4.68. The van der Waals surface area contributed by atoms with Gasteiger partial charge < -0.3 is 20.0 Å². The molecule has 1 aliphatic rings. The van der Waals surface area contributed by atoms with Crippen LogP contribution in [-0.2, 0) is 4.79 Å². The van der Waals surface area contributed by atoms with Crippen LogP contribution in [0.4, 0.5) is 11.8 Å². The molecule has 1 unspecified atom stereocenters. The molecule has 3 aromatic heterocycles. The van der Waals surface area contributed by atoms with Gasteiger partial charge in [0.05, 0.1) is 11.4 Å². The van der Waals surface area contributed by atoms with Crippen molar-refractivity contribution in [1.82, 2.24) is 34.5 Å². The maximum absolute atomic E-state index is 13.3. The molecule has 0 saturated carbocycles. The van der Waals surface area contributed by atoms with Crippen molar-refractivity contribution >= 4 is 57.4 Å². The molecule has 0 radical (unpaired) electrons. The molecule has 0 bridgehead atoms. The number of likely N-dealkylation sites (tertiary alicyclic amines) is 1. The maximum atomic E-state index is 13.3. The van der Waals surface area contributed by atoms with Crippen LogP contribution >= 0.6 is 11.6 Å². The van der Waals surface area contributed by atoms with Gasteiger partial charge in [-0.25, -0.2) is 14.6 Å². The van der Waals surface area contributed by atoms with E-state index in [0.717, 1.165) is 12.8 Å². The number of benzene rings is 1. The smallest absolute Gasteiger partial charge is 0.302 e. The van der Waals surface area contributed by atoms with Gasteiger partial charge in [0, 0.05) is 36.8 Å². The summed E-state index contributed by atoms with van der Waals surface area (Å²) in [6, 6.07) is 5.17. The number of aromatic nitrogens is 5. The molecule has 2 amide bonds. The lowest BCUT2D eigenvalue weighted by Crippen LogP contribution is -2.40. The Balaban J connectivity index is 1.38. The van der Waals surface area contributed by atoms with Gasteiger partial charge in [0.15, 0.2) is 16.9 Å². The van der Waals surface area contributed by atoms with E-state index in [1.54, 1.807) is 33.9 Å². The van der Waals surface area contributed by atoms with E-state index >= 15 is 0 Å². The molecule has 5 rings (SSSR count). The predicted molar refractivity (Wildman–Crippen MR) is 148 cm³/mol. The van der Waals surface area contributed by atoms with Crippen molar-refractivity contribution in [2.45, 2.75) is 38.8 Å². The minimum absolute atomic E-state index is 0.000255. The molecule has 204 valence electrons. The van der Waals surface area contributed by atoms with Gasteiger partial charge in [-0.05, 0) is 51.9 Å². The quantitative estimate of drug-likeness (QED) is 0.329. The Morgan fingerprint density at radius 2 is 2.15 bits per heavy atom. The predicted octanol–water partition coefficient (Wildman–Crippen LogP) is 3.52. The van der Waals surface area contributed by atoms with E-state index < -0.39 is 5.91 Å². The molecular weight excluding hydrogens is 522 g/mol. The van der Waals surface area contributed by atoms with Crippen LogP contribution in [0, 0.1) is 0 Å². The van der Waals surface area contributed by atoms with E-state index in [-0.39, 0.29) is 29.5 Å². The summed E-state index contributed by atoms with van der Waals surface area (Å²) in [5, 5.41) is 8.08. The molecule has 12 nitrogen and oxygen atoms in total. The van der Waals surface area contributed by atoms with Crippen LogP contribution < -0.4 is 11.1 Å². The van der Waals surface area contributed by atoms with E-state index in [1.165, 1.54) is 6.33 Å².